The molecule has 2 aromatic heterocycles. The molecule has 2 aliphatic rings. The Kier molecular flexibility index (Phi) is 7.06. The Balaban J connectivity index is 0.000000147. The molecule has 10 nitrogen and oxygen atoms in total. The molecule has 0 bridgehead atoms. The standard InChI is InChI=1S/C19H20N4O.C17H13N3O2/c1-23(2)10-16-17(13-5-3-4-6-15(13)21-16)18-14-9-11(20)7-8-12(14)19(24)22-18;18-9-5-6-10-12(7-9)16(20-17(10)22)15-11-3-1-2-4-13(11)19-14(15)8-21/h3-9,18,21H,10,20H2,1-2H3,(H,22,24);1-8,16,19H,18H2,(H,20,22). The number of carbonyl (C=O) groups excluding carboxylic acids is 3. The predicted octanol–water partition coefficient (Wildman–Crippen LogP) is 5.04. The van der Waals surface area contributed by atoms with Crippen LogP contribution in [0.1, 0.15) is 71.2 Å². The van der Waals surface area contributed by atoms with E-state index in [0.29, 0.717) is 28.2 Å². The molecule has 8 N–H and O–H groups in total. The van der Waals surface area contributed by atoms with Crippen LogP contribution in [-0.4, -0.2) is 47.1 Å². The molecule has 2 unspecified atom stereocenters. The van der Waals surface area contributed by atoms with E-state index in [9.17, 15) is 14.4 Å². The number of para-hydroxylation sites is 2. The summed E-state index contributed by atoms with van der Waals surface area (Å²) >= 11 is 0. The Morgan fingerprint density at radius 1 is 0.696 bits per heavy atom. The van der Waals surface area contributed by atoms with Crippen LogP contribution < -0.4 is 22.1 Å². The molecular formula is C36H33N7O3. The first-order valence-electron chi connectivity index (χ1n) is 14.9. The summed E-state index contributed by atoms with van der Waals surface area (Å²) in [7, 11) is 4.07. The van der Waals surface area contributed by atoms with Crippen LogP contribution in [0.25, 0.3) is 21.8 Å². The molecule has 4 heterocycles. The number of nitrogens with zero attached hydrogens (tertiary/aromatic N) is 1. The third kappa shape index (κ3) is 4.85. The molecule has 0 saturated carbocycles. The van der Waals surface area contributed by atoms with E-state index in [2.05, 4.69) is 37.6 Å². The number of aromatic nitrogens is 2. The zero-order valence-electron chi connectivity index (χ0n) is 25.3. The number of anilines is 2. The number of rotatable bonds is 5. The number of aldehydes is 1. The summed E-state index contributed by atoms with van der Waals surface area (Å²) in [4.78, 5) is 44.7. The molecule has 10 heteroatoms. The first-order chi connectivity index (χ1) is 22.2. The lowest BCUT2D eigenvalue weighted by Crippen LogP contribution is -2.22. The maximum Gasteiger partial charge on any atom is 0.252 e. The second-order valence-electron chi connectivity index (χ2n) is 11.9. The van der Waals surface area contributed by atoms with E-state index in [-0.39, 0.29) is 23.9 Å². The monoisotopic (exact) mass is 611 g/mol. The minimum absolute atomic E-state index is 0.0453. The summed E-state index contributed by atoms with van der Waals surface area (Å²) in [5, 5.41) is 8.12. The van der Waals surface area contributed by atoms with Gasteiger partial charge in [0.05, 0.1) is 17.8 Å². The van der Waals surface area contributed by atoms with Gasteiger partial charge in [-0.2, -0.15) is 0 Å². The number of hydrogen-bond donors (Lipinski definition) is 6. The average Bonchev–Trinajstić information content (AvgIpc) is 3.76. The summed E-state index contributed by atoms with van der Waals surface area (Å²) in [6.07, 6.45) is 0.784. The van der Waals surface area contributed by atoms with Gasteiger partial charge in [0, 0.05) is 67.7 Å². The first kappa shape index (κ1) is 28.9. The highest BCUT2D eigenvalue weighted by atomic mass is 16.2. The molecule has 8 rings (SSSR count). The Bertz CT molecular complexity index is 2180. The van der Waals surface area contributed by atoms with Crippen molar-refractivity contribution in [2.45, 2.75) is 18.6 Å². The molecule has 6 aromatic rings. The summed E-state index contributed by atoms with van der Waals surface area (Å²) < 4.78 is 0. The SMILES string of the molecule is CN(C)Cc1[nH]c2ccccc2c1C1NC(=O)c2ccc(N)cc21.Nc1ccc2c(c1)C(c1c(C=O)[nH]c3ccccc13)NC2=O. The maximum absolute atomic E-state index is 12.4. The maximum atomic E-state index is 12.4. The Hall–Kier alpha value is -5.87. The van der Waals surface area contributed by atoms with Gasteiger partial charge in [0.2, 0.25) is 0 Å². The molecule has 2 atom stereocenters. The van der Waals surface area contributed by atoms with Crippen molar-refractivity contribution < 1.29 is 14.4 Å². The van der Waals surface area contributed by atoms with E-state index >= 15 is 0 Å². The van der Waals surface area contributed by atoms with Gasteiger partial charge in [0.1, 0.15) is 0 Å². The van der Waals surface area contributed by atoms with Crippen LogP contribution in [0.5, 0.6) is 0 Å². The number of nitrogens with one attached hydrogen (secondary N) is 4. The molecule has 4 aromatic carbocycles. The zero-order valence-corrected chi connectivity index (χ0v) is 25.3. The third-order valence-electron chi connectivity index (χ3n) is 8.59. The Labute approximate surface area is 264 Å². The van der Waals surface area contributed by atoms with Crippen molar-refractivity contribution in [2.24, 2.45) is 0 Å². The number of benzene rings is 4. The van der Waals surface area contributed by atoms with Gasteiger partial charge in [-0.25, -0.2) is 0 Å². The van der Waals surface area contributed by atoms with Crippen molar-refractivity contribution in [2.75, 3.05) is 25.6 Å². The number of carbonyl (C=O) groups is 3. The van der Waals surface area contributed by atoms with Gasteiger partial charge < -0.3 is 37.0 Å². The van der Waals surface area contributed by atoms with E-state index < -0.39 is 0 Å². The summed E-state index contributed by atoms with van der Waals surface area (Å²) in [5.74, 6) is -0.196. The number of amides is 2. The van der Waals surface area contributed by atoms with Crippen LogP contribution in [0.15, 0.2) is 84.9 Å². The van der Waals surface area contributed by atoms with Crippen LogP contribution in [0.3, 0.4) is 0 Å². The Morgan fingerprint density at radius 2 is 1.20 bits per heavy atom. The van der Waals surface area contributed by atoms with Gasteiger partial charge in [-0.15, -0.1) is 0 Å². The van der Waals surface area contributed by atoms with Crippen molar-refractivity contribution in [3.05, 3.63) is 130 Å². The topological polar surface area (TPSA) is 162 Å². The van der Waals surface area contributed by atoms with Crippen molar-refractivity contribution in [3.8, 4) is 0 Å². The average molecular weight is 612 g/mol. The molecule has 0 saturated heterocycles. The molecule has 0 spiro atoms. The predicted molar refractivity (Wildman–Crippen MR) is 180 cm³/mol. The fourth-order valence-corrected chi connectivity index (χ4v) is 6.66. The van der Waals surface area contributed by atoms with Crippen LogP contribution in [-0.2, 0) is 6.54 Å². The first-order valence-corrected chi connectivity index (χ1v) is 14.9. The number of nitrogen functional groups attached to an aromatic ring is 2. The number of aromatic amines is 2. The second kappa shape index (κ2) is 11.2. The summed E-state index contributed by atoms with van der Waals surface area (Å²) in [5.41, 5.74) is 21.6. The molecule has 2 amide bonds. The fraction of sp³-hybridized carbons (Fsp3) is 0.139. The smallest absolute Gasteiger partial charge is 0.252 e. The van der Waals surface area contributed by atoms with Crippen LogP contribution in [0.2, 0.25) is 0 Å². The molecule has 46 heavy (non-hydrogen) atoms. The minimum Gasteiger partial charge on any atom is -0.399 e. The molecular weight excluding hydrogens is 578 g/mol. The van der Waals surface area contributed by atoms with Gasteiger partial charge >= 0.3 is 0 Å². The highest BCUT2D eigenvalue weighted by molar-refractivity contribution is 6.03. The number of nitrogens with two attached hydrogens (primary N) is 2. The lowest BCUT2D eigenvalue weighted by atomic mass is 9.95. The minimum atomic E-state index is -0.373. The number of hydrogen-bond acceptors (Lipinski definition) is 6. The molecule has 2 aliphatic heterocycles. The number of fused-ring (bicyclic) bond motifs is 4. The van der Waals surface area contributed by atoms with Crippen LogP contribution >= 0.6 is 0 Å². The normalized spacial score (nSPS) is 16.6. The Morgan fingerprint density at radius 3 is 1.74 bits per heavy atom. The number of H-pyrrole nitrogens is 2. The summed E-state index contributed by atoms with van der Waals surface area (Å²) in [6.45, 7) is 0.772. The van der Waals surface area contributed by atoms with Gasteiger partial charge in [-0.05, 0) is 73.8 Å². The van der Waals surface area contributed by atoms with Crippen molar-refractivity contribution in [1.29, 1.82) is 0 Å². The van der Waals surface area contributed by atoms with Gasteiger partial charge in [0.25, 0.3) is 11.8 Å². The van der Waals surface area contributed by atoms with E-state index in [1.165, 1.54) is 0 Å². The fourth-order valence-electron chi connectivity index (χ4n) is 6.66. The second-order valence-corrected chi connectivity index (χ2v) is 11.9. The largest absolute Gasteiger partial charge is 0.399 e. The van der Waals surface area contributed by atoms with Gasteiger partial charge in [-0.3, -0.25) is 14.4 Å². The van der Waals surface area contributed by atoms with Gasteiger partial charge in [0.15, 0.2) is 6.29 Å². The van der Waals surface area contributed by atoms with Crippen LogP contribution in [0.4, 0.5) is 11.4 Å². The third-order valence-corrected chi connectivity index (χ3v) is 8.59. The lowest BCUT2D eigenvalue weighted by Gasteiger charge is -2.17. The molecule has 0 radical (unpaired) electrons. The molecule has 0 fully saturated rings. The highest BCUT2D eigenvalue weighted by Crippen LogP contribution is 2.39. The van der Waals surface area contributed by atoms with E-state index in [4.69, 9.17) is 11.5 Å². The van der Waals surface area contributed by atoms with Crippen molar-refractivity contribution in [1.82, 2.24) is 25.5 Å². The van der Waals surface area contributed by atoms with E-state index in [1.54, 1.807) is 30.3 Å². The van der Waals surface area contributed by atoms with E-state index in [1.807, 2.05) is 56.6 Å². The summed E-state index contributed by atoms with van der Waals surface area (Å²) in [6, 6.07) is 26.0. The lowest BCUT2D eigenvalue weighted by molar-refractivity contribution is 0.0952. The highest BCUT2D eigenvalue weighted by Gasteiger charge is 2.34. The van der Waals surface area contributed by atoms with Crippen molar-refractivity contribution in [3.63, 3.8) is 0 Å². The quantitative estimate of drug-likeness (QED) is 0.118. The molecule has 0 aliphatic carbocycles. The van der Waals surface area contributed by atoms with E-state index in [0.717, 1.165) is 62.6 Å². The molecule has 230 valence electrons. The van der Waals surface area contributed by atoms with Crippen LogP contribution in [0, 0.1) is 0 Å². The zero-order chi connectivity index (χ0) is 32.1. The van der Waals surface area contributed by atoms with Crippen molar-refractivity contribution >= 4 is 51.3 Å². The van der Waals surface area contributed by atoms with Gasteiger partial charge in [-0.1, -0.05) is 36.4 Å².